The third-order valence-corrected chi connectivity index (χ3v) is 5.06. The summed E-state index contributed by atoms with van der Waals surface area (Å²) in [5.74, 6) is -1.26. The Morgan fingerprint density at radius 3 is 2.60 bits per heavy atom. The van der Waals surface area contributed by atoms with E-state index in [0.29, 0.717) is 4.20 Å². The van der Waals surface area contributed by atoms with Crippen molar-refractivity contribution in [2.24, 2.45) is 11.8 Å². The SMILES string of the molecule is COC(=O)C1=C(SC(C)=S)[C@H](C)C2C(C(C)O)C(=O)N12. The van der Waals surface area contributed by atoms with E-state index in [9.17, 15) is 14.7 Å². The highest BCUT2D eigenvalue weighted by Crippen LogP contribution is 2.50. The summed E-state index contributed by atoms with van der Waals surface area (Å²) >= 11 is 6.41. The van der Waals surface area contributed by atoms with E-state index in [1.807, 2.05) is 6.92 Å². The normalized spacial score (nSPS) is 29.9. The first kappa shape index (κ1) is 15.5. The van der Waals surface area contributed by atoms with E-state index in [2.05, 4.69) is 0 Å². The smallest absolute Gasteiger partial charge is 0.355 e. The van der Waals surface area contributed by atoms with Crippen LogP contribution in [0.15, 0.2) is 10.6 Å². The lowest BCUT2D eigenvalue weighted by molar-refractivity contribution is -0.163. The Labute approximate surface area is 127 Å². The minimum Gasteiger partial charge on any atom is -0.464 e. The molecule has 0 bridgehead atoms. The number of rotatable bonds is 3. The third-order valence-electron chi connectivity index (χ3n) is 3.74. The molecule has 2 heterocycles. The van der Waals surface area contributed by atoms with Gasteiger partial charge in [-0.1, -0.05) is 30.9 Å². The largest absolute Gasteiger partial charge is 0.464 e. The van der Waals surface area contributed by atoms with E-state index >= 15 is 0 Å². The fourth-order valence-corrected chi connectivity index (χ4v) is 4.08. The van der Waals surface area contributed by atoms with Crippen molar-refractivity contribution in [3.63, 3.8) is 0 Å². The molecule has 20 heavy (non-hydrogen) atoms. The van der Waals surface area contributed by atoms with E-state index in [4.69, 9.17) is 17.0 Å². The molecule has 110 valence electrons. The fraction of sp³-hybridized carbons (Fsp3) is 0.615. The average molecular weight is 315 g/mol. The van der Waals surface area contributed by atoms with Gasteiger partial charge in [-0.05, 0) is 13.8 Å². The number of amides is 1. The summed E-state index contributed by atoms with van der Waals surface area (Å²) < 4.78 is 5.46. The molecule has 2 rings (SSSR count). The molecule has 1 saturated heterocycles. The molecular weight excluding hydrogens is 298 g/mol. The number of carbonyl (C=O) groups is 2. The summed E-state index contributed by atoms with van der Waals surface area (Å²) in [5, 5.41) is 9.74. The molecule has 0 aromatic carbocycles. The van der Waals surface area contributed by atoms with Crippen molar-refractivity contribution in [2.45, 2.75) is 32.9 Å². The maximum Gasteiger partial charge on any atom is 0.355 e. The summed E-state index contributed by atoms with van der Waals surface area (Å²) in [7, 11) is 1.29. The van der Waals surface area contributed by atoms with Crippen LogP contribution in [0.1, 0.15) is 20.8 Å². The standard InChI is InChI=1S/C13H17NO4S2/c1-5-9-8(6(2)15)12(16)14(9)10(13(17)18-4)11(5)20-7(3)19/h5-6,8-9,15H,1-4H3/t5-,6?,8?,9?/m1/s1. The van der Waals surface area contributed by atoms with Crippen molar-refractivity contribution >= 4 is 40.1 Å². The highest BCUT2D eigenvalue weighted by Gasteiger charge is 2.60. The first-order valence-corrected chi connectivity index (χ1v) is 7.55. The number of thiocarbonyl (C=S) groups is 1. The molecule has 0 aromatic heterocycles. The average Bonchev–Trinajstić information content (AvgIpc) is 2.58. The van der Waals surface area contributed by atoms with Gasteiger partial charge in [-0.15, -0.1) is 0 Å². The van der Waals surface area contributed by atoms with Crippen LogP contribution >= 0.6 is 24.0 Å². The molecule has 2 aliphatic heterocycles. The predicted molar refractivity (Wildman–Crippen MR) is 79.9 cm³/mol. The van der Waals surface area contributed by atoms with Crippen LogP contribution in [0.3, 0.4) is 0 Å². The van der Waals surface area contributed by atoms with Gasteiger partial charge in [0.2, 0.25) is 5.91 Å². The molecule has 1 N–H and O–H groups in total. The molecular formula is C13H17NO4S2. The number of nitrogens with zero attached hydrogens (tertiary/aromatic N) is 1. The van der Waals surface area contributed by atoms with Crippen molar-refractivity contribution in [3.05, 3.63) is 10.6 Å². The highest BCUT2D eigenvalue weighted by molar-refractivity contribution is 8.25. The lowest BCUT2D eigenvalue weighted by atomic mass is 9.79. The number of thioether (sulfide) groups is 1. The predicted octanol–water partition coefficient (Wildman–Crippen LogP) is 1.31. The summed E-state index contributed by atoms with van der Waals surface area (Å²) in [5.41, 5.74) is 0.279. The Morgan fingerprint density at radius 2 is 2.15 bits per heavy atom. The molecule has 3 unspecified atom stereocenters. The van der Waals surface area contributed by atoms with E-state index in [1.54, 1.807) is 13.8 Å². The molecule has 2 aliphatic rings. The van der Waals surface area contributed by atoms with Crippen LogP contribution in [-0.4, -0.2) is 45.3 Å². The summed E-state index contributed by atoms with van der Waals surface area (Å²) in [4.78, 5) is 26.4. The number of aliphatic hydroxyl groups excluding tert-OH is 1. The van der Waals surface area contributed by atoms with Crippen molar-refractivity contribution in [1.82, 2.24) is 4.90 Å². The Kier molecular flexibility index (Phi) is 4.22. The first-order valence-electron chi connectivity index (χ1n) is 6.33. The number of carbonyl (C=O) groups excluding carboxylic acids is 2. The molecule has 0 aliphatic carbocycles. The zero-order valence-corrected chi connectivity index (χ0v) is 13.4. The molecule has 1 fully saturated rings. The van der Waals surface area contributed by atoms with E-state index in [0.717, 1.165) is 4.91 Å². The second kappa shape index (κ2) is 5.46. The highest BCUT2D eigenvalue weighted by atomic mass is 32.2. The maximum atomic E-state index is 12.2. The molecule has 0 saturated carbocycles. The van der Waals surface area contributed by atoms with Gasteiger partial charge in [0.15, 0.2) is 0 Å². The number of ether oxygens (including phenoxy) is 1. The van der Waals surface area contributed by atoms with Gasteiger partial charge >= 0.3 is 5.97 Å². The monoisotopic (exact) mass is 315 g/mol. The number of esters is 1. The molecule has 0 aromatic rings. The Bertz CT molecular complexity index is 515. The van der Waals surface area contributed by atoms with Gasteiger partial charge < -0.3 is 14.7 Å². The van der Waals surface area contributed by atoms with Gasteiger partial charge in [0, 0.05) is 15.0 Å². The first-order chi connectivity index (χ1) is 9.31. The maximum absolute atomic E-state index is 12.2. The topological polar surface area (TPSA) is 66.8 Å². The lowest BCUT2D eigenvalue weighted by Gasteiger charge is -2.46. The molecule has 1 amide bonds. The second-order valence-electron chi connectivity index (χ2n) is 5.05. The van der Waals surface area contributed by atoms with Crippen LogP contribution in [0.2, 0.25) is 0 Å². The van der Waals surface area contributed by atoms with Crippen LogP contribution in [0.4, 0.5) is 0 Å². The zero-order chi connectivity index (χ0) is 15.2. The quantitative estimate of drug-likeness (QED) is 0.481. The van der Waals surface area contributed by atoms with Crippen molar-refractivity contribution in [2.75, 3.05) is 7.11 Å². The van der Waals surface area contributed by atoms with Gasteiger partial charge in [-0.2, -0.15) is 0 Å². The number of hydrogen-bond donors (Lipinski definition) is 1. The van der Waals surface area contributed by atoms with Crippen molar-refractivity contribution in [1.29, 1.82) is 0 Å². The van der Waals surface area contributed by atoms with Crippen LogP contribution in [-0.2, 0) is 14.3 Å². The van der Waals surface area contributed by atoms with Gasteiger partial charge in [-0.25, -0.2) is 4.79 Å². The van der Waals surface area contributed by atoms with Gasteiger partial charge in [-0.3, -0.25) is 4.79 Å². The molecule has 0 radical (unpaired) electrons. The number of β-lactam (4-membered cyclic amide) rings is 1. The minimum atomic E-state index is -0.733. The second-order valence-corrected chi connectivity index (χ2v) is 7.18. The molecule has 4 atom stereocenters. The summed E-state index contributed by atoms with van der Waals surface area (Å²) in [6.45, 7) is 5.31. The molecule has 0 spiro atoms. The number of methoxy groups -OCH3 is 1. The summed E-state index contributed by atoms with van der Waals surface area (Å²) in [6, 6.07) is -0.187. The van der Waals surface area contributed by atoms with Crippen LogP contribution in [0, 0.1) is 11.8 Å². The van der Waals surface area contributed by atoms with Crippen LogP contribution in [0.5, 0.6) is 0 Å². The Morgan fingerprint density at radius 1 is 1.55 bits per heavy atom. The number of aliphatic hydroxyl groups is 1. The van der Waals surface area contributed by atoms with E-state index in [1.165, 1.54) is 23.8 Å². The van der Waals surface area contributed by atoms with Crippen LogP contribution in [0.25, 0.3) is 0 Å². The third kappa shape index (κ3) is 2.17. The van der Waals surface area contributed by atoms with Gasteiger partial charge in [0.05, 0.1) is 25.2 Å². The van der Waals surface area contributed by atoms with Gasteiger partial charge in [0.1, 0.15) is 5.70 Å². The summed E-state index contributed by atoms with van der Waals surface area (Å²) in [6.07, 6.45) is -0.733. The lowest BCUT2D eigenvalue weighted by Crippen LogP contribution is -2.63. The Balaban J connectivity index is 2.41. The minimum absolute atomic E-state index is 0.0377. The van der Waals surface area contributed by atoms with Crippen LogP contribution < -0.4 is 0 Å². The zero-order valence-electron chi connectivity index (χ0n) is 11.7. The van der Waals surface area contributed by atoms with Crippen molar-refractivity contribution < 1.29 is 19.4 Å². The Hall–Kier alpha value is -0.920. The van der Waals surface area contributed by atoms with E-state index in [-0.39, 0.29) is 23.6 Å². The fourth-order valence-electron chi connectivity index (χ4n) is 2.90. The van der Waals surface area contributed by atoms with E-state index < -0.39 is 18.0 Å². The number of hydrogen-bond acceptors (Lipinski definition) is 6. The molecule has 5 nitrogen and oxygen atoms in total. The van der Waals surface area contributed by atoms with Crippen molar-refractivity contribution in [3.8, 4) is 0 Å². The molecule has 7 heteroatoms. The van der Waals surface area contributed by atoms with Gasteiger partial charge in [0.25, 0.3) is 0 Å². The number of fused-ring (bicyclic) bond motifs is 1.